The molecule has 0 heterocycles. The summed E-state index contributed by atoms with van der Waals surface area (Å²) in [6.45, 7) is 0. The second kappa shape index (κ2) is 4.23. The molecule has 0 unspecified atom stereocenters. The van der Waals surface area contributed by atoms with E-state index in [-0.39, 0.29) is 34.5 Å². The van der Waals surface area contributed by atoms with Gasteiger partial charge in [-0.2, -0.15) is 30.3 Å². The summed E-state index contributed by atoms with van der Waals surface area (Å²) < 4.78 is 29.2. The third-order valence-electron chi connectivity index (χ3n) is 0.976. The number of rotatable bonds is 1. The summed E-state index contributed by atoms with van der Waals surface area (Å²) in [4.78, 5) is -0.130. The Morgan fingerprint density at radius 3 is 2.36 bits per heavy atom. The molecular weight excluding hydrogens is 175 g/mol. The smallest absolute Gasteiger partial charge is 0.291 e. The van der Waals surface area contributed by atoms with Crippen LogP contribution in [0, 0.1) is 6.07 Å². The van der Waals surface area contributed by atoms with Crippen LogP contribution in [0.2, 0.25) is 0 Å². The topological polar surface area (TPSA) is 54.4 Å². The molecule has 0 radical (unpaired) electrons. The minimum Gasteiger partial charge on any atom is -0.291 e. The van der Waals surface area contributed by atoms with Crippen LogP contribution in [0.5, 0.6) is 0 Å². The Hall–Kier alpha value is 0.130. The van der Waals surface area contributed by atoms with Gasteiger partial charge in [-0.3, -0.25) is 4.55 Å². The maximum absolute atomic E-state index is 10.4. The van der Waals surface area contributed by atoms with E-state index in [0.717, 1.165) is 0 Å². The van der Waals surface area contributed by atoms with Crippen molar-refractivity contribution in [3.05, 3.63) is 30.3 Å². The average Bonchev–Trinajstić information content (AvgIpc) is 1.88. The minimum absolute atomic E-state index is 0. The van der Waals surface area contributed by atoms with E-state index in [1.165, 1.54) is 18.2 Å². The second-order valence-electron chi connectivity index (χ2n) is 1.71. The second-order valence-corrected chi connectivity index (χ2v) is 3.14. The molecule has 0 amide bonds. The molecule has 0 aliphatic carbocycles. The fourth-order valence-corrected chi connectivity index (χ4v) is 1.00. The molecule has 1 N–H and O–H groups in total. The van der Waals surface area contributed by atoms with Gasteiger partial charge in [0.1, 0.15) is 0 Å². The molecule has 5 heteroatoms. The predicted molar refractivity (Wildman–Crippen MR) is 35.1 cm³/mol. The SMILES string of the molecule is O=S(=O)(O)c1c[c-]ccc1.[Na+]. The van der Waals surface area contributed by atoms with Crippen LogP contribution in [0.25, 0.3) is 0 Å². The van der Waals surface area contributed by atoms with E-state index < -0.39 is 10.1 Å². The Bertz CT molecular complexity index is 306. The van der Waals surface area contributed by atoms with Crippen molar-refractivity contribution in [2.45, 2.75) is 4.90 Å². The largest absolute Gasteiger partial charge is 1.00 e. The number of benzene rings is 1. The standard InChI is InChI=1S/C6H5O3S.Na/c7-10(8,9)6-4-2-1-3-5-6;/h1-2,4-5H,(H,7,8,9);/q-1;+1. The molecule has 3 nitrogen and oxygen atoms in total. The van der Waals surface area contributed by atoms with Gasteiger partial charge >= 0.3 is 29.6 Å². The molecule has 0 aromatic heterocycles. The zero-order chi connectivity index (χ0) is 7.61. The van der Waals surface area contributed by atoms with Crippen molar-refractivity contribution >= 4 is 10.1 Å². The van der Waals surface area contributed by atoms with E-state index in [9.17, 15) is 8.42 Å². The molecule has 1 aromatic rings. The molecule has 0 bridgehead atoms. The average molecular weight is 180 g/mol. The van der Waals surface area contributed by atoms with E-state index in [1.54, 1.807) is 6.07 Å². The summed E-state index contributed by atoms with van der Waals surface area (Å²) >= 11 is 0. The zero-order valence-electron chi connectivity index (χ0n) is 5.98. The first-order valence-corrected chi connectivity index (χ1v) is 3.98. The van der Waals surface area contributed by atoms with Crippen LogP contribution in [0.4, 0.5) is 0 Å². The van der Waals surface area contributed by atoms with Gasteiger partial charge in [-0.15, -0.1) is 0 Å². The van der Waals surface area contributed by atoms with E-state index in [4.69, 9.17) is 4.55 Å². The van der Waals surface area contributed by atoms with Gasteiger partial charge in [0, 0.05) is 0 Å². The van der Waals surface area contributed by atoms with Crippen molar-refractivity contribution in [1.29, 1.82) is 0 Å². The monoisotopic (exact) mass is 180 g/mol. The quantitative estimate of drug-likeness (QED) is 0.301. The van der Waals surface area contributed by atoms with Crippen LogP contribution in [0.3, 0.4) is 0 Å². The molecule has 1 rings (SSSR count). The fraction of sp³-hybridized carbons (Fsp3) is 0. The van der Waals surface area contributed by atoms with Crippen molar-refractivity contribution in [3.8, 4) is 0 Å². The third kappa shape index (κ3) is 3.35. The first-order valence-electron chi connectivity index (χ1n) is 2.54. The maximum atomic E-state index is 10.4. The van der Waals surface area contributed by atoms with Gasteiger partial charge in [0.05, 0.1) is 0 Å². The van der Waals surface area contributed by atoms with E-state index in [1.807, 2.05) is 0 Å². The van der Waals surface area contributed by atoms with Crippen molar-refractivity contribution in [3.63, 3.8) is 0 Å². The number of hydrogen-bond acceptors (Lipinski definition) is 2. The summed E-state index contributed by atoms with van der Waals surface area (Å²) in [6.07, 6.45) is 0. The van der Waals surface area contributed by atoms with E-state index in [0.29, 0.717) is 0 Å². The van der Waals surface area contributed by atoms with Crippen molar-refractivity contribution in [2.75, 3.05) is 0 Å². The summed E-state index contributed by atoms with van der Waals surface area (Å²) in [5, 5.41) is 0. The molecular formula is C6H5NaO3S. The molecule has 0 aliphatic heterocycles. The molecule has 0 spiro atoms. The third-order valence-corrected chi connectivity index (χ3v) is 1.83. The van der Waals surface area contributed by atoms with Gasteiger partial charge in [0.2, 0.25) is 10.1 Å². The normalized spacial score (nSPS) is 10.3. The Morgan fingerprint density at radius 1 is 1.45 bits per heavy atom. The Balaban J connectivity index is 0.000001000. The van der Waals surface area contributed by atoms with Crippen LogP contribution in [0.15, 0.2) is 29.2 Å². The molecule has 1 aromatic carbocycles. The Labute approximate surface area is 87.5 Å². The maximum Gasteiger partial charge on any atom is 1.00 e. The first-order chi connectivity index (χ1) is 4.61. The molecule has 0 saturated heterocycles. The van der Waals surface area contributed by atoms with Gasteiger partial charge in [0.25, 0.3) is 0 Å². The van der Waals surface area contributed by atoms with Gasteiger partial charge in [-0.1, -0.05) is 0 Å². The van der Waals surface area contributed by atoms with E-state index >= 15 is 0 Å². The Kier molecular flexibility index (Phi) is 4.28. The summed E-state index contributed by atoms with van der Waals surface area (Å²) in [7, 11) is -4.03. The molecule has 0 aliphatic rings. The number of hydrogen-bond donors (Lipinski definition) is 1. The minimum atomic E-state index is -4.03. The zero-order valence-corrected chi connectivity index (χ0v) is 8.80. The van der Waals surface area contributed by atoms with Gasteiger partial charge in [-0.05, 0) is 4.90 Å². The summed E-state index contributed by atoms with van der Waals surface area (Å²) in [6, 6.07) is 8.07. The molecule has 0 saturated carbocycles. The van der Waals surface area contributed by atoms with Crippen LogP contribution in [0.1, 0.15) is 0 Å². The van der Waals surface area contributed by atoms with Crippen molar-refractivity contribution in [1.82, 2.24) is 0 Å². The molecule has 11 heavy (non-hydrogen) atoms. The van der Waals surface area contributed by atoms with Gasteiger partial charge in [-0.25, -0.2) is 8.42 Å². The van der Waals surface area contributed by atoms with Crippen molar-refractivity contribution < 1.29 is 42.5 Å². The van der Waals surface area contributed by atoms with Gasteiger partial charge in [0.15, 0.2) is 0 Å². The van der Waals surface area contributed by atoms with Crippen molar-refractivity contribution in [2.24, 2.45) is 0 Å². The predicted octanol–water partition coefficient (Wildman–Crippen LogP) is -2.26. The Morgan fingerprint density at radius 2 is 2.09 bits per heavy atom. The molecule has 0 atom stereocenters. The van der Waals surface area contributed by atoms with Crippen LogP contribution in [-0.4, -0.2) is 13.0 Å². The van der Waals surface area contributed by atoms with Crippen LogP contribution in [-0.2, 0) is 10.1 Å². The van der Waals surface area contributed by atoms with Crippen LogP contribution >= 0.6 is 0 Å². The molecule has 54 valence electrons. The summed E-state index contributed by atoms with van der Waals surface area (Å²) in [5.41, 5.74) is 0. The van der Waals surface area contributed by atoms with Crippen LogP contribution < -0.4 is 29.6 Å². The summed E-state index contributed by atoms with van der Waals surface area (Å²) in [5.74, 6) is 0. The van der Waals surface area contributed by atoms with Gasteiger partial charge < -0.3 is 0 Å². The van der Waals surface area contributed by atoms with E-state index in [2.05, 4.69) is 6.07 Å². The first kappa shape index (κ1) is 11.1. The fourth-order valence-electron chi connectivity index (χ4n) is 0.537. The molecule has 0 fully saturated rings.